The Morgan fingerprint density at radius 3 is 3.00 bits per heavy atom. The second-order valence-electron chi connectivity index (χ2n) is 5.61. The van der Waals surface area contributed by atoms with Crippen molar-refractivity contribution in [1.82, 2.24) is 5.32 Å². The number of rotatable bonds is 5. The number of carbonyl (C=O) groups excluding carboxylic acids is 1. The van der Waals surface area contributed by atoms with Gasteiger partial charge in [-0.2, -0.15) is 0 Å². The van der Waals surface area contributed by atoms with Gasteiger partial charge in [0.05, 0.1) is 12.5 Å². The van der Waals surface area contributed by atoms with Crippen LogP contribution in [-0.4, -0.2) is 26.2 Å². The third kappa shape index (κ3) is 3.07. The topological polar surface area (TPSA) is 50.4 Å². The van der Waals surface area contributed by atoms with Crippen molar-refractivity contribution < 1.29 is 9.53 Å². The largest absolute Gasteiger partial charge is 0.469 e. The molecular formula is C15H22N2O2. The summed E-state index contributed by atoms with van der Waals surface area (Å²) in [7, 11) is 1.43. The summed E-state index contributed by atoms with van der Waals surface area (Å²) in [5, 5.41) is 6.76. The number of anilines is 1. The fourth-order valence-corrected chi connectivity index (χ4v) is 2.42. The monoisotopic (exact) mass is 262 g/mol. The van der Waals surface area contributed by atoms with Crippen molar-refractivity contribution in [1.29, 1.82) is 0 Å². The van der Waals surface area contributed by atoms with Gasteiger partial charge in [0, 0.05) is 25.3 Å². The van der Waals surface area contributed by atoms with Gasteiger partial charge in [0.1, 0.15) is 0 Å². The molecule has 0 unspecified atom stereocenters. The van der Waals surface area contributed by atoms with E-state index in [1.54, 1.807) is 0 Å². The molecular weight excluding hydrogens is 240 g/mol. The molecule has 0 bridgehead atoms. The Bertz CT molecular complexity index is 469. The molecule has 1 aromatic rings. The van der Waals surface area contributed by atoms with Crippen LogP contribution < -0.4 is 10.6 Å². The van der Waals surface area contributed by atoms with Crippen LogP contribution in [0.1, 0.15) is 25.0 Å². The van der Waals surface area contributed by atoms with Crippen LogP contribution in [0.3, 0.4) is 0 Å². The summed E-state index contributed by atoms with van der Waals surface area (Å²) in [4.78, 5) is 11.6. The lowest BCUT2D eigenvalue weighted by molar-refractivity contribution is -0.150. The first-order valence-electron chi connectivity index (χ1n) is 6.68. The average Bonchev–Trinajstić information content (AvgIpc) is 2.86. The van der Waals surface area contributed by atoms with Crippen LogP contribution in [0.2, 0.25) is 0 Å². The zero-order valence-electron chi connectivity index (χ0n) is 11.9. The molecule has 104 valence electrons. The van der Waals surface area contributed by atoms with Crippen molar-refractivity contribution in [2.75, 3.05) is 25.5 Å². The zero-order valence-corrected chi connectivity index (χ0v) is 11.9. The highest BCUT2D eigenvalue weighted by atomic mass is 16.5. The number of nitrogens with one attached hydrogen (secondary N) is 2. The predicted octanol–water partition coefficient (Wildman–Crippen LogP) is 1.94. The first kappa shape index (κ1) is 13.9. The molecule has 0 saturated carbocycles. The normalized spacial score (nSPS) is 13.8. The van der Waals surface area contributed by atoms with E-state index in [0.29, 0.717) is 6.54 Å². The Morgan fingerprint density at radius 1 is 1.47 bits per heavy atom. The molecule has 4 heteroatoms. The summed E-state index contributed by atoms with van der Waals surface area (Å²) in [5.74, 6) is -0.184. The highest BCUT2D eigenvalue weighted by Crippen LogP contribution is 2.26. The van der Waals surface area contributed by atoms with Crippen LogP contribution >= 0.6 is 0 Å². The van der Waals surface area contributed by atoms with Gasteiger partial charge in [-0.3, -0.25) is 4.79 Å². The van der Waals surface area contributed by atoms with Gasteiger partial charge in [0.2, 0.25) is 0 Å². The Hall–Kier alpha value is -1.55. The van der Waals surface area contributed by atoms with Crippen molar-refractivity contribution >= 4 is 11.7 Å². The van der Waals surface area contributed by atoms with Crippen LogP contribution in [0.5, 0.6) is 0 Å². The molecule has 1 aliphatic heterocycles. The number of fused-ring (bicyclic) bond motifs is 1. The van der Waals surface area contributed by atoms with Gasteiger partial charge in [0.15, 0.2) is 0 Å². The minimum Gasteiger partial charge on any atom is -0.469 e. The minimum atomic E-state index is -0.500. The predicted molar refractivity (Wildman–Crippen MR) is 76.1 cm³/mol. The van der Waals surface area contributed by atoms with Crippen LogP contribution in [0, 0.1) is 5.41 Å². The maximum atomic E-state index is 11.6. The van der Waals surface area contributed by atoms with Crippen molar-refractivity contribution in [2.45, 2.75) is 26.8 Å². The summed E-state index contributed by atoms with van der Waals surface area (Å²) in [5.41, 5.74) is 3.40. The molecule has 1 aromatic carbocycles. The van der Waals surface area contributed by atoms with E-state index < -0.39 is 5.41 Å². The van der Waals surface area contributed by atoms with Gasteiger partial charge in [-0.05, 0) is 31.4 Å². The van der Waals surface area contributed by atoms with Crippen molar-refractivity contribution in [3.8, 4) is 0 Å². The number of hydrogen-bond donors (Lipinski definition) is 2. The number of hydrogen-bond acceptors (Lipinski definition) is 4. The highest BCUT2D eigenvalue weighted by Gasteiger charge is 2.28. The lowest BCUT2D eigenvalue weighted by Crippen LogP contribution is -2.36. The molecule has 2 N–H and O–H groups in total. The van der Waals surface area contributed by atoms with Gasteiger partial charge in [0.25, 0.3) is 0 Å². The Labute approximate surface area is 114 Å². The van der Waals surface area contributed by atoms with E-state index in [2.05, 4.69) is 28.8 Å². The molecule has 0 atom stereocenters. The maximum Gasteiger partial charge on any atom is 0.312 e. The van der Waals surface area contributed by atoms with Crippen molar-refractivity contribution in [2.24, 2.45) is 5.41 Å². The summed E-state index contributed by atoms with van der Waals surface area (Å²) in [6.45, 7) is 6.15. The van der Waals surface area contributed by atoms with Crippen LogP contribution in [0.4, 0.5) is 5.69 Å². The fraction of sp³-hybridized carbons (Fsp3) is 0.533. The average molecular weight is 262 g/mol. The number of benzene rings is 1. The summed E-state index contributed by atoms with van der Waals surface area (Å²) < 4.78 is 4.80. The molecule has 0 aromatic heterocycles. The Balaban J connectivity index is 1.94. The van der Waals surface area contributed by atoms with E-state index in [-0.39, 0.29) is 5.97 Å². The van der Waals surface area contributed by atoms with Gasteiger partial charge in [-0.15, -0.1) is 0 Å². The van der Waals surface area contributed by atoms with Crippen molar-refractivity contribution in [3.63, 3.8) is 0 Å². The third-order valence-corrected chi connectivity index (χ3v) is 3.55. The first-order valence-corrected chi connectivity index (χ1v) is 6.68. The number of methoxy groups -OCH3 is 1. The van der Waals surface area contributed by atoms with Crippen molar-refractivity contribution in [3.05, 3.63) is 29.3 Å². The van der Waals surface area contributed by atoms with E-state index in [1.807, 2.05) is 13.8 Å². The number of esters is 1. The molecule has 0 radical (unpaired) electrons. The third-order valence-electron chi connectivity index (χ3n) is 3.55. The van der Waals surface area contributed by atoms with E-state index in [1.165, 1.54) is 23.9 Å². The van der Waals surface area contributed by atoms with Gasteiger partial charge >= 0.3 is 5.97 Å². The molecule has 0 aliphatic carbocycles. The first-order chi connectivity index (χ1) is 9.04. The van der Waals surface area contributed by atoms with E-state index in [4.69, 9.17) is 4.74 Å². The molecule has 4 nitrogen and oxygen atoms in total. The molecule has 19 heavy (non-hydrogen) atoms. The second kappa shape index (κ2) is 5.61. The zero-order chi connectivity index (χ0) is 13.9. The summed E-state index contributed by atoms with van der Waals surface area (Å²) in [6.07, 6.45) is 1.09. The molecule has 0 saturated heterocycles. The van der Waals surface area contributed by atoms with Crippen LogP contribution in [0.25, 0.3) is 0 Å². The van der Waals surface area contributed by atoms with E-state index in [9.17, 15) is 4.79 Å². The molecule has 0 spiro atoms. The Kier molecular flexibility index (Phi) is 4.10. The fourth-order valence-electron chi connectivity index (χ4n) is 2.42. The minimum absolute atomic E-state index is 0.184. The smallest absolute Gasteiger partial charge is 0.312 e. The lowest BCUT2D eigenvalue weighted by atomic mass is 9.93. The van der Waals surface area contributed by atoms with Gasteiger partial charge in [-0.25, -0.2) is 0 Å². The lowest BCUT2D eigenvalue weighted by Gasteiger charge is -2.22. The summed E-state index contributed by atoms with van der Waals surface area (Å²) in [6, 6.07) is 6.38. The molecule has 0 fully saturated rings. The van der Waals surface area contributed by atoms with Crippen LogP contribution in [-0.2, 0) is 22.5 Å². The molecule has 0 amide bonds. The number of carbonyl (C=O) groups is 1. The van der Waals surface area contributed by atoms with E-state index >= 15 is 0 Å². The Morgan fingerprint density at radius 2 is 2.26 bits per heavy atom. The van der Waals surface area contributed by atoms with Gasteiger partial charge < -0.3 is 15.4 Å². The second-order valence-corrected chi connectivity index (χ2v) is 5.61. The molecule has 1 heterocycles. The van der Waals surface area contributed by atoms with Gasteiger partial charge in [-0.1, -0.05) is 18.2 Å². The van der Waals surface area contributed by atoms with E-state index in [0.717, 1.165) is 19.5 Å². The maximum absolute atomic E-state index is 11.6. The van der Waals surface area contributed by atoms with Crippen LogP contribution in [0.15, 0.2) is 18.2 Å². The summed E-state index contributed by atoms with van der Waals surface area (Å²) >= 11 is 0. The molecule has 1 aliphatic rings. The quantitative estimate of drug-likeness (QED) is 0.796. The number of para-hydroxylation sites is 1. The number of ether oxygens (including phenoxy) is 1. The SMILES string of the molecule is COC(=O)C(C)(C)CNCc1cccc2c1NCC2. The standard InChI is InChI=1S/C15H22N2O2/c1-15(2,14(18)19-3)10-16-9-12-6-4-5-11-7-8-17-13(11)12/h4-6,16-17H,7-10H2,1-3H3. The highest BCUT2D eigenvalue weighted by molar-refractivity contribution is 5.76. The molecule has 2 rings (SSSR count).